The first-order chi connectivity index (χ1) is 8.83. The molecule has 0 aromatic carbocycles. The molecule has 0 fully saturated rings. The SMILES string of the molecule is Brc1ccn2c(COc3cccnc3)nnc2c1. The molecule has 3 aromatic heterocycles. The van der Waals surface area contributed by atoms with Crippen molar-refractivity contribution in [1.82, 2.24) is 19.6 Å². The van der Waals surface area contributed by atoms with Crippen LogP contribution in [0.1, 0.15) is 5.82 Å². The van der Waals surface area contributed by atoms with Crippen molar-refractivity contribution in [2.75, 3.05) is 0 Å². The Labute approximate surface area is 112 Å². The molecule has 0 atom stereocenters. The number of pyridine rings is 2. The molecule has 0 N–H and O–H groups in total. The van der Waals surface area contributed by atoms with Gasteiger partial charge in [0, 0.05) is 16.9 Å². The van der Waals surface area contributed by atoms with E-state index in [0.717, 1.165) is 15.9 Å². The summed E-state index contributed by atoms with van der Waals surface area (Å²) in [7, 11) is 0. The first kappa shape index (κ1) is 11.2. The van der Waals surface area contributed by atoms with Crippen molar-refractivity contribution in [3.8, 4) is 5.75 Å². The molecule has 3 aromatic rings. The highest BCUT2D eigenvalue weighted by Gasteiger charge is 2.06. The van der Waals surface area contributed by atoms with Gasteiger partial charge in [-0.1, -0.05) is 15.9 Å². The number of aromatic nitrogens is 4. The Hall–Kier alpha value is -1.95. The van der Waals surface area contributed by atoms with Gasteiger partial charge in [0.15, 0.2) is 11.5 Å². The molecule has 0 bridgehead atoms. The summed E-state index contributed by atoms with van der Waals surface area (Å²) in [5.74, 6) is 1.47. The van der Waals surface area contributed by atoms with Gasteiger partial charge in [-0.15, -0.1) is 10.2 Å². The molecule has 3 rings (SSSR count). The maximum atomic E-state index is 5.59. The fraction of sp³-hybridized carbons (Fsp3) is 0.0833. The highest BCUT2D eigenvalue weighted by Crippen LogP contribution is 2.14. The number of nitrogens with zero attached hydrogens (tertiary/aromatic N) is 4. The molecule has 0 spiro atoms. The van der Waals surface area contributed by atoms with E-state index in [1.54, 1.807) is 12.4 Å². The second-order valence-corrected chi connectivity index (χ2v) is 4.58. The zero-order valence-electron chi connectivity index (χ0n) is 9.32. The third-order valence-corrected chi connectivity index (χ3v) is 2.94. The third-order valence-electron chi connectivity index (χ3n) is 2.44. The van der Waals surface area contributed by atoms with Gasteiger partial charge in [-0.05, 0) is 24.3 Å². The van der Waals surface area contributed by atoms with Crippen LogP contribution in [0.5, 0.6) is 5.75 Å². The molecule has 0 unspecified atom stereocenters. The molecular formula is C12H9BrN4O. The normalized spacial score (nSPS) is 10.7. The van der Waals surface area contributed by atoms with Crippen LogP contribution < -0.4 is 4.74 Å². The number of ether oxygens (including phenoxy) is 1. The summed E-state index contributed by atoms with van der Waals surface area (Å²) >= 11 is 3.40. The van der Waals surface area contributed by atoms with Gasteiger partial charge in [0.2, 0.25) is 0 Å². The van der Waals surface area contributed by atoms with Gasteiger partial charge in [0.1, 0.15) is 12.4 Å². The molecule has 0 aliphatic heterocycles. The van der Waals surface area contributed by atoms with Gasteiger partial charge >= 0.3 is 0 Å². The second kappa shape index (κ2) is 4.73. The predicted molar refractivity (Wildman–Crippen MR) is 69.3 cm³/mol. The van der Waals surface area contributed by atoms with E-state index < -0.39 is 0 Å². The third kappa shape index (κ3) is 2.19. The summed E-state index contributed by atoms with van der Waals surface area (Å²) < 4.78 is 8.46. The molecule has 5 nitrogen and oxygen atoms in total. The number of fused-ring (bicyclic) bond motifs is 1. The van der Waals surface area contributed by atoms with E-state index in [2.05, 4.69) is 31.1 Å². The van der Waals surface area contributed by atoms with Crippen molar-refractivity contribution in [2.24, 2.45) is 0 Å². The highest BCUT2D eigenvalue weighted by atomic mass is 79.9. The van der Waals surface area contributed by atoms with Crippen LogP contribution in [-0.2, 0) is 6.61 Å². The monoisotopic (exact) mass is 304 g/mol. The molecule has 0 saturated carbocycles. The minimum Gasteiger partial charge on any atom is -0.484 e. The van der Waals surface area contributed by atoms with Gasteiger partial charge < -0.3 is 4.74 Å². The maximum absolute atomic E-state index is 5.59. The summed E-state index contributed by atoms with van der Waals surface area (Å²) in [6, 6.07) is 7.52. The molecule has 0 radical (unpaired) electrons. The molecule has 6 heteroatoms. The fourth-order valence-electron chi connectivity index (χ4n) is 1.59. The van der Waals surface area contributed by atoms with Gasteiger partial charge in [0.25, 0.3) is 0 Å². The summed E-state index contributed by atoms with van der Waals surface area (Å²) in [4.78, 5) is 3.98. The lowest BCUT2D eigenvalue weighted by Gasteiger charge is -2.03. The molecule has 0 aliphatic carbocycles. The lowest BCUT2D eigenvalue weighted by molar-refractivity contribution is 0.293. The zero-order chi connectivity index (χ0) is 12.4. The van der Waals surface area contributed by atoms with E-state index in [1.807, 2.05) is 34.9 Å². The van der Waals surface area contributed by atoms with Crippen LogP contribution in [0.15, 0.2) is 47.3 Å². The summed E-state index contributed by atoms with van der Waals surface area (Å²) in [6.07, 6.45) is 5.28. The van der Waals surface area contributed by atoms with E-state index >= 15 is 0 Å². The minimum absolute atomic E-state index is 0.356. The molecular weight excluding hydrogens is 296 g/mol. The maximum Gasteiger partial charge on any atom is 0.175 e. The van der Waals surface area contributed by atoms with E-state index in [0.29, 0.717) is 12.4 Å². The molecule has 0 aliphatic rings. The summed E-state index contributed by atoms with van der Waals surface area (Å²) in [5.41, 5.74) is 0.786. The Balaban J connectivity index is 1.83. The summed E-state index contributed by atoms with van der Waals surface area (Å²) in [5, 5.41) is 8.18. The van der Waals surface area contributed by atoms with E-state index in [1.165, 1.54) is 0 Å². The fourth-order valence-corrected chi connectivity index (χ4v) is 1.92. The number of rotatable bonds is 3. The van der Waals surface area contributed by atoms with Gasteiger partial charge in [-0.25, -0.2) is 0 Å². The molecule has 3 heterocycles. The van der Waals surface area contributed by atoms with Crippen molar-refractivity contribution in [1.29, 1.82) is 0 Å². The average molecular weight is 305 g/mol. The van der Waals surface area contributed by atoms with Crippen LogP contribution in [0, 0.1) is 0 Å². The first-order valence-corrected chi connectivity index (χ1v) is 6.14. The van der Waals surface area contributed by atoms with E-state index in [9.17, 15) is 0 Å². The Bertz CT molecular complexity index is 668. The van der Waals surface area contributed by atoms with Crippen LogP contribution in [0.2, 0.25) is 0 Å². The zero-order valence-corrected chi connectivity index (χ0v) is 10.9. The van der Waals surface area contributed by atoms with Crippen LogP contribution >= 0.6 is 15.9 Å². The smallest absolute Gasteiger partial charge is 0.175 e. The molecule has 90 valence electrons. The molecule has 0 saturated heterocycles. The molecule has 18 heavy (non-hydrogen) atoms. The van der Waals surface area contributed by atoms with Crippen molar-refractivity contribution in [3.05, 3.63) is 53.2 Å². The van der Waals surface area contributed by atoms with Crippen molar-refractivity contribution < 1.29 is 4.74 Å². The van der Waals surface area contributed by atoms with Crippen LogP contribution in [0.4, 0.5) is 0 Å². The van der Waals surface area contributed by atoms with Gasteiger partial charge in [-0.3, -0.25) is 9.38 Å². The average Bonchev–Trinajstić information content (AvgIpc) is 2.80. The van der Waals surface area contributed by atoms with Crippen LogP contribution in [-0.4, -0.2) is 19.6 Å². The number of hydrogen-bond acceptors (Lipinski definition) is 4. The Morgan fingerprint density at radius 2 is 2.22 bits per heavy atom. The Morgan fingerprint density at radius 3 is 3.06 bits per heavy atom. The van der Waals surface area contributed by atoms with E-state index in [-0.39, 0.29) is 0 Å². The quantitative estimate of drug-likeness (QED) is 0.746. The van der Waals surface area contributed by atoms with Gasteiger partial charge in [0.05, 0.1) is 6.20 Å². The Kier molecular flexibility index (Phi) is 2.93. The largest absolute Gasteiger partial charge is 0.484 e. The van der Waals surface area contributed by atoms with Gasteiger partial charge in [-0.2, -0.15) is 0 Å². The van der Waals surface area contributed by atoms with Crippen LogP contribution in [0.25, 0.3) is 5.65 Å². The van der Waals surface area contributed by atoms with Crippen LogP contribution in [0.3, 0.4) is 0 Å². The number of hydrogen-bond donors (Lipinski definition) is 0. The lowest BCUT2D eigenvalue weighted by atomic mass is 10.4. The van der Waals surface area contributed by atoms with Crippen molar-refractivity contribution in [3.63, 3.8) is 0 Å². The second-order valence-electron chi connectivity index (χ2n) is 3.67. The van der Waals surface area contributed by atoms with E-state index in [4.69, 9.17) is 4.74 Å². The van der Waals surface area contributed by atoms with Crippen molar-refractivity contribution >= 4 is 21.6 Å². The molecule has 0 amide bonds. The Morgan fingerprint density at radius 1 is 1.28 bits per heavy atom. The number of halogens is 1. The highest BCUT2D eigenvalue weighted by molar-refractivity contribution is 9.10. The standard InChI is InChI=1S/C12H9BrN4O/c13-9-3-5-17-11(6-9)15-16-12(17)8-18-10-2-1-4-14-7-10/h1-7H,8H2. The predicted octanol–water partition coefficient (Wildman–Crippen LogP) is 2.47. The first-order valence-electron chi connectivity index (χ1n) is 5.35. The van der Waals surface area contributed by atoms with Crippen molar-refractivity contribution in [2.45, 2.75) is 6.61 Å². The topological polar surface area (TPSA) is 52.3 Å². The minimum atomic E-state index is 0.356. The summed E-state index contributed by atoms with van der Waals surface area (Å²) in [6.45, 7) is 0.356. The lowest BCUT2D eigenvalue weighted by Crippen LogP contribution is -2.01.